The van der Waals surface area contributed by atoms with Gasteiger partial charge in [0.2, 0.25) is 0 Å². The standard InChI is InChI=1S/C24H28N4S/c1-5-18-10-12-19(13-11-18)28-16(3)15-20(17(28)4)23-22(21-9-7-8-14-25-21)26-24(29)27(23)6-2/h7-15,22-23H,5-6H2,1-4H3,(H,26,29)/t22-,23-/m0/s1. The lowest BCUT2D eigenvalue weighted by molar-refractivity contribution is 0.329. The van der Waals surface area contributed by atoms with E-state index in [0.717, 1.165) is 23.8 Å². The molecule has 0 bridgehead atoms. The lowest BCUT2D eigenvalue weighted by atomic mass is 9.97. The van der Waals surface area contributed by atoms with Crippen molar-refractivity contribution >= 4 is 17.3 Å². The average molecular weight is 405 g/mol. The molecule has 150 valence electrons. The third kappa shape index (κ3) is 3.44. The van der Waals surface area contributed by atoms with Crippen molar-refractivity contribution in [3.63, 3.8) is 0 Å². The maximum atomic E-state index is 5.68. The van der Waals surface area contributed by atoms with Crippen molar-refractivity contribution in [2.24, 2.45) is 0 Å². The lowest BCUT2D eigenvalue weighted by Gasteiger charge is -2.27. The summed E-state index contributed by atoms with van der Waals surface area (Å²) in [7, 11) is 0. The molecule has 0 aliphatic carbocycles. The number of aromatic nitrogens is 2. The predicted molar refractivity (Wildman–Crippen MR) is 122 cm³/mol. The second kappa shape index (κ2) is 7.99. The van der Waals surface area contributed by atoms with Crippen LogP contribution >= 0.6 is 12.2 Å². The monoisotopic (exact) mass is 404 g/mol. The van der Waals surface area contributed by atoms with Crippen molar-refractivity contribution in [3.8, 4) is 5.69 Å². The van der Waals surface area contributed by atoms with Gasteiger partial charge in [0, 0.05) is 29.8 Å². The zero-order chi connectivity index (χ0) is 20.5. The maximum absolute atomic E-state index is 5.68. The molecule has 1 N–H and O–H groups in total. The van der Waals surface area contributed by atoms with Crippen LogP contribution < -0.4 is 5.32 Å². The summed E-state index contributed by atoms with van der Waals surface area (Å²) in [5.41, 5.74) is 7.36. The van der Waals surface area contributed by atoms with E-state index in [1.165, 1.54) is 28.2 Å². The fraction of sp³-hybridized carbons (Fsp3) is 0.333. The number of nitrogens with one attached hydrogen (secondary N) is 1. The van der Waals surface area contributed by atoms with Gasteiger partial charge in [0.05, 0.1) is 17.8 Å². The molecule has 4 nitrogen and oxygen atoms in total. The summed E-state index contributed by atoms with van der Waals surface area (Å²) >= 11 is 5.68. The van der Waals surface area contributed by atoms with Gasteiger partial charge < -0.3 is 14.8 Å². The van der Waals surface area contributed by atoms with E-state index in [2.05, 4.69) is 83.9 Å². The largest absolute Gasteiger partial charge is 0.352 e. The van der Waals surface area contributed by atoms with E-state index in [-0.39, 0.29) is 12.1 Å². The Kier molecular flexibility index (Phi) is 5.41. The van der Waals surface area contributed by atoms with Gasteiger partial charge in [0.25, 0.3) is 0 Å². The second-order valence-electron chi connectivity index (χ2n) is 7.59. The molecule has 2 aromatic heterocycles. The molecule has 0 unspecified atom stereocenters. The molecule has 1 saturated heterocycles. The Balaban J connectivity index is 1.80. The summed E-state index contributed by atoms with van der Waals surface area (Å²) < 4.78 is 2.35. The van der Waals surface area contributed by atoms with Crippen molar-refractivity contribution in [3.05, 3.63) is 82.9 Å². The summed E-state index contributed by atoms with van der Waals surface area (Å²) in [5, 5.41) is 4.31. The number of hydrogen-bond donors (Lipinski definition) is 1. The van der Waals surface area contributed by atoms with Gasteiger partial charge in [-0.2, -0.15) is 0 Å². The normalized spacial score (nSPS) is 18.9. The van der Waals surface area contributed by atoms with Crippen LogP contribution in [-0.4, -0.2) is 26.1 Å². The van der Waals surface area contributed by atoms with Crippen LogP contribution in [0.3, 0.4) is 0 Å². The fourth-order valence-corrected chi connectivity index (χ4v) is 4.82. The molecule has 29 heavy (non-hydrogen) atoms. The van der Waals surface area contributed by atoms with Crippen LogP contribution in [-0.2, 0) is 6.42 Å². The van der Waals surface area contributed by atoms with Crippen LogP contribution in [0.15, 0.2) is 54.7 Å². The van der Waals surface area contributed by atoms with Gasteiger partial charge in [-0.25, -0.2) is 0 Å². The number of aryl methyl sites for hydroxylation is 2. The number of hydrogen-bond acceptors (Lipinski definition) is 2. The minimum atomic E-state index is 0.0417. The average Bonchev–Trinajstić information content (AvgIpc) is 3.23. The van der Waals surface area contributed by atoms with Gasteiger partial charge in [-0.15, -0.1) is 0 Å². The molecule has 1 aromatic carbocycles. The maximum Gasteiger partial charge on any atom is 0.170 e. The third-order valence-electron chi connectivity index (χ3n) is 5.93. The number of thiocarbonyl (C=S) groups is 1. The smallest absolute Gasteiger partial charge is 0.170 e. The molecule has 3 aromatic rings. The molecule has 0 spiro atoms. The quantitative estimate of drug-likeness (QED) is 0.604. The number of likely N-dealkylation sites (N-methyl/N-ethyl adjacent to an activating group) is 1. The first-order valence-electron chi connectivity index (χ1n) is 10.3. The van der Waals surface area contributed by atoms with Gasteiger partial charge in [-0.3, -0.25) is 4.98 Å². The molecule has 0 saturated carbocycles. The molecule has 3 heterocycles. The molecule has 1 aliphatic rings. The van der Waals surface area contributed by atoms with Gasteiger partial charge in [0.15, 0.2) is 5.11 Å². The highest BCUT2D eigenvalue weighted by Crippen LogP contribution is 2.41. The third-order valence-corrected chi connectivity index (χ3v) is 6.28. The zero-order valence-electron chi connectivity index (χ0n) is 17.5. The lowest BCUT2D eigenvalue weighted by Crippen LogP contribution is -2.29. The van der Waals surface area contributed by atoms with E-state index in [0.29, 0.717) is 0 Å². The summed E-state index contributed by atoms with van der Waals surface area (Å²) in [6, 6.07) is 17.4. The Hall–Kier alpha value is -2.66. The molecule has 1 fully saturated rings. The van der Waals surface area contributed by atoms with E-state index in [1.54, 1.807) is 0 Å². The van der Waals surface area contributed by atoms with E-state index in [4.69, 9.17) is 12.2 Å². The van der Waals surface area contributed by atoms with Crippen molar-refractivity contribution < 1.29 is 0 Å². The minimum Gasteiger partial charge on any atom is -0.352 e. The van der Waals surface area contributed by atoms with Crippen LogP contribution in [0, 0.1) is 13.8 Å². The first-order valence-corrected chi connectivity index (χ1v) is 10.7. The first-order chi connectivity index (χ1) is 14.0. The van der Waals surface area contributed by atoms with E-state index < -0.39 is 0 Å². The summed E-state index contributed by atoms with van der Waals surface area (Å²) in [5.74, 6) is 0. The molecule has 5 heteroatoms. The Morgan fingerprint density at radius 2 is 1.83 bits per heavy atom. The summed E-state index contributed by atoms with van der Waals surface area (Å²) in [6.07, 6.45) is 2.90. The fourth-order valence-electron chi connectivity index (χ4n) is 4.45. The van der Waals surface area contributed by atoms with Crippen molar-refractivity contribution in [1.82, 2.24) is 19.8 Å². The van der Waals surface area contributed by atoms with E-state index in [1.807, 2.05) is 18.3 Å². The topological polar surface area (TPSA) is 33.1 Å². The highest BCUT2D eigenvalue weighted by molar-refractivity contribution is 7.80. The molecule has 2 atom stereocenters. The van der Waals surface area contributed by atoms with Gasteiger partial charge in [-0.05, 0) is 80.9 Å². The molecule has 0 radical (unpaired) electrons. The van der Waals surface area contributed by atoms with Crippen molar-refractivity contribution in [2.75, 3.05) is 6.54 Å². The van der Waals surface area contributed by atoms with Gasteiger partial charge in [0.1, 0.15) is 0 Å². The van der Waals surface area contributed by atoms with Crippen LogP contribution in [0.1, 0.15) is 54.1 Å². The minimum absolute atomic E-state index is 0.0417. The molecule has 1 aliphatic heterocycles. The molecular weight excluding hydrogens is 376 g/mol. The number of rotatable bonds is 5. The highest BCUT2D eigenvalue weighted by Gasteiger charge is 2.40. The first kappa shape index (κ1) is 19.6. The summed E-state index contributed by atoms with van der Waals surface area (Å²) in [4.78, 5) is 6.90. The second-order valence-corrected chi connectivity index (χ2v) is 7.98. The predicted octanol–water partition coefficient (Wildman–Crippen LogP) is 5.04. The Morgan fingerprint density at radius 1 is 1.07 bits per heavy atom. The number of benzene rings is 1. The zero-order valence-corrected chi connectivity index (χ0v) is 18.3. The SMILES string of the molecule is CCc1ccc(-n2c(C)cc([C@H]3[C@H](c4ccccn4)NC(=S)N3CC)c2C)cc1. The van der Waals surface area contributed by atoms with Crippen LogP contribution in [0.25, 0.3) is 5.69 Å². The highest BCUT2D eigenvalue weighted by atomic mass is 32.1. The van der Waals surface area contributed by atoms with Crippen molar-refractivity contribution in [1.29, 1.82) is 0 Å². The van der Waals surface area contributed by atoms with Gasteiger partial charge >= 0.3 is 0 Å². The Labute approximate surface area is 178 Å². The molecule has 0 amide bonds. The van der Waals surface area contributed by atoms with Crippen LogP contribution in [0.4, 0.5) is 0 Å². The number of pyridine rings is 1. The summed E-state index contributed by atoms with van der Waals surface area (Å²) in [6.45, 7) is 9.59. The Morgan fingerprint density at radius 3 is 2.45 bits per heavy atom. The van der Waals surface area contributed by atoms with Crippen LogP contribution in [0.2, 0.25) is 0 Å². The molecule has 4 rings (SSSR count). The Bertz CT molecular complexity index is 1010. The number of nitrogens with zero attached hydrogens (tertiary/aromatic N) is 3. The van der Waals surface area contributed by atoms with E-state index in [9.17, 15) is 0 Å². The van der Waals surface area contributed by atoms with E-state index >= 15 is 0 Å². The van der Waals surface area contributed by atoms with Gasteiger partial charge in [-0.1, -0.05) is 25.1 Å². The van der Waals surface area contributed by atoms with Crippen molar-refractivity contribution in [2.45, 2.75) is 46.2 Å². The molecular formula is C24H28N4S. The van der Waals surface area contributed by atoms with Crippen LogP contribution in [0.5, 0.6) is 0 Å².